The molecule has 0 unspecified atom stereocenters. The summed E-state index contributed by atoms with van der Waals surface area (Å²) in [5.74, 6) is -2.56. The number of rotatable bonds is 4. The monoisotopic (exact) mass is 230 g/mol. The maximum atomic E-state index is 10.7. The molecule has 0 bridgehead atoms. The molecule has 6 heteroatoms. The van der Waals surface area contributed by atoms with E-state index in [1.54, 1.807) is 0 Å². The van der Waals surface area contributed by atoms with Crippen LogP contribution in [0.2, 0.25) is 5.02 Å². The molecular weight excluding hydrogens is 224 g/mol. The van der Waals surface area contributed by atoms with Crippen molar-refractivity contribution in [3.05, 3.63) is 28.8 Å². The molecule has 1 aromatic carbocycles. The molecule has 0 amide bonds. The number of aliphatic carboxylic acids is 1. The SMILES string of the molecule is O=C(O)COc1c(Cl)cccc1C(=O)O. The minimum absolute atomic E-state index is 0.0659. The summed E-state index contributed by atoms with van der Waals surface area (Å²) in [6.45, 7) is -0.635. The van der Waals surface area contributed by atoms with Crippen molar-refractivity contribution in [3.63, 3.8) is 0 Å². The van der Waals surface area contributed by atoms with Crippen molar-refractivity contribution in [2.75, 3.05) is 6.61 Å². The number of hydrogen-bond donors (Lipinski definition) is 2. The van der Waals surface area contributed by atoms with Crippen molar-refractivity contribution in [1.82, 2.24) is 0 Å². The maximum absolute atomic E-state index is 10.7. The fourth-order valence-electron chi connectivity index (χ4n) is 0.958. The molecule has 2 N–H and O–H groups in total. The van der Waals surface area contributed by atoms with Gasteiger partial charge in [-0.1, -0.05) is 17.7 Å². The molecule has 1 aromatic rings. The summed E-state index contributed by atoms with van der Waals surface area (Å²) < 4.78 is 4.78. The van der Waals surface area contributed by atoms with Crippen LogP contribution < -0.4 is 4.74 Å². The Morgan fingerprint density at radius 1 is 1.33 bits per heavy atom. The zero-order chi connectivity index (χ0) is 11.4. The zero-order valence-corrected chi connectivity index (χ0v) is 8.19. The predicted molar refractivity (Wildman–Crippen MR) is 51.5 cm³/mol. The molecule has 0 saturated carbocycles. The molecule has 0 aromatic heterocycles. The van der Waals surface area contributed by atoms with Crippen LogP contribution in [0.25, 0.3) is 0 Å². The van der Waals surface area contributed by atoms with Crippen LogP contribution in [0.1, 0.15) is 10.4 Å². The van der Waals surface area contributed by atoms with Crippen LogP contribution in [0.5, 0.6) is 5.75 Å². The standard InChI is InChI=1S/C9H7ClO5/c10-6-3-1-2-5(9(13)14)8(6)15-4-7(11)12/h1-3H,4H2,(H,11,12)(H,13,14). The molecular formula is C9H7ClO5. The van der Waals surface area contributed by atoms with Crippen LogP contribution in [0.15, 0.2) is 18.2 Å². The number of ether oxygens (including phenoxy) is 1. The normalized spacial score (nSPS) is 9.67. The molecule has 0 fully saturated rings. The number of carboxylic acids is 2. The van der Waals surface area contributed by atoms with Gasteiger partial charge in [0.05, 0.1) is 5.02 Å². The highest BCUT2D eigenvalue weighted by Crippen LogP contribution is 2.28. The van der Waals surface area contributed by atoms with Gasteiger partial charge in [-0.05, 0) is 12.1 Å². The zero-order valence-electron chi connectivity index (χ0n) is 7.44. The van der Waals surface area contributed by atoms with Gasteiger partial charge in [-0.25, -0.2) is 9.59 Å². The Kier molecular flexibility index (Phi) is 3.51. The minimum atomic E-state index is -1.22. The van der Waals surface area contributed by atoms with Crippen molar-refractivity contribution in [1.29, 1.82) is 0 Å². The second kappa shape index (κ2) is 4.65. The van der Waals surface area contributed by atoms with Crippen LogP contribution in [0, 0.1) is 0 Å². The number of hydrogen-bond acceptors (Lipinski definition) is 3. The smallest absolute Gasteiger partial charge is 0.341 e. The van der Waals surface area contributed by atoms with E-state index in [0.29, 0.717) is 0 Å². The third kappa shape index (κ3) is 2.85. The number of benzene rings is 1. The average molecular weight is 231 g/mol. The quantitative estimate of drug-likeness (QED) is 0.819. The highest BCUT2D eigenvalue weighted by Gasteiger charge is 2.15. The number of para-hydroxylation sites is 1. The highest BCUT2D eigenvalue weighted by atomic mass is 35.5. The Morgan fingerprint density at radius 2 is 2.00 bits per heavy atom. The second-order valence-corrected chi connectivity index (χ2v) is 3.01. The molecule has 0 spiro atoms. The van der Waals surface area contributed by atoms with Gasteiger partial charge in [-0.2, -0.15) is 0 Å². The van der Waals surface area contributed by atoms with Crippen molar-refractivity contribution >= 4 is 23.5 Å². The van der Waals surface area contributed by atoms with Crippen LogP contribution in [-0.2, 0) is 4.79 Å². The Bertz CT molecular complexity index is 401. The lowest BCUT2D eigenvalue weighted by molar-refractivity contribution is -0.139. The molecule has 0 aliphatic rings. The molecule has 80 valence electrons. The summed E-state index contributed by atoms with van der Waals surface area (Å²) in [6, 6.07) is 4.15. The molecule has 15 heavy (non-hydrogen) atoms. The first-order chi connectivity index (χ1) is 7.02. The van der Waals surface area contributed by atoms with Gasteiger partial charge in [0.1, 0.15) is 5.56 Å². The lowest BCUT2D eigenvalue weighted by atomic mass is 10.2. The van der Waals surface area contributed by atoms with Crippen molar-refractivity contribution < 1.29 is 24.5 Å². The van der Waals surface area contributed by atoms with E-state index < -0.39 is 18.5 Å². The first-order valence-corrected chi connectivity index (χ1v) is 4.26. The van der Waals surface area contributed by atoms with Gasteiger partial charge in [0.25, 0.3) is 0 Å². The summed E-state index contributed by atoms with van der Waals surface area (Å²) in [6.07, 6.45) is 0. The summed E-state index contributed by atoms with van der Waals surface area (Å²) in [5, 5.41) is 17.2. The fraction of sp³-hybridized carbons (Fsp3) is 0.111. The molecule has 1 rings (SSSR count). The Hall–Kier alpha value is -1.75. The number of halogens is 1. The van der Waals surface area contributed by atoms with Crippen molar-refractivity contribution in [3.8, 4) is 5.75 Å². The predicted octanol–water partition coefficient (Wildman–Crippen LogP) is 1.50. The number of carbonyl (C=O) groups is 2. The lowest BCUT2D eigenvalue weighted by Gasteiger charge is -2.08. The first-order valence-electron chi connectivity index (χ1n) is 3.88. The van der Waals surface area contributed by atoms with E-state index in [2.05, 4.69) is 0 Å². The van der Waals surface area contributed by atoms with Gasteiger partial charge in [0.2, 0.25) is 0 Å². The summed E-state index contributed by atoms with van der Waals surface area (Å²) in [4.78, 5) is 21.0. The van der Waals surface area contributed by atoms with Crippen LogP contribution in [0.3, 0.4) is 0 Å². The van der Waals surface area contributed by atoms with Gasteiger partial charge >= 0.3 is 11.9 Å². The third-order valence-corrected chi connectivity index (χ3v) is 1.84. The van der Waals surface area contributed by atoms with Crippen LogP contribution in [0.4, 0.5) is 0 Å². The van der Waals surface area contributed by atoms with Gasteiger partial charge in [-0.3, -0.25) is 0 Å². The van der Waals surface area contributed by atoms with Crippen LogP contribution >= 0.6 is 11.6 Å². The van der Waals surface area contributed by atoms with Gasteiger partial charge in [0, 0.05) is 0 Å². The summed E-state index contributed by atoms with van der Waals surface area (Å²) in [7, 11) is 0. The van der Waals surface area contributed by atoms with E-state index in [1.807, 2.05) is 0 Å². The maximum Gasteiger partial charge on any atom is 0.341 e. The Balaban J connectivity index is 3.02. The molecule has 0 radical (unpaired) electrons. The second-order valence-electron chi connectivity index (χ2n) is 2.60. The minimum Gasteiger partial charge on any atom is -0.479 e. The Labute approximate surface area is 89.9 Å². The average Bonchev–Trinajstić information content (AvgIpc) is 2.15. The molecule has 0 aliphatic carbocycles. The fourth-order valence-corrected chi connectivity index (χ4v) is 1.19. The molecule has 5 nitrogen and oxygen atoms in total. The van der Waals surface area contributed by atoms with E-state index in [4.69, 9.17) is 26.6 Å². The third-order valence-electron chi connectivity index (χ3n) is 1.54. The number of carboxylic acid groups (broad SMARTS) is 2. The first kappa shape index (κ1) is 11.3. The number of aromatic carboxylic acids is 1. The topological polar surface area (TPSA) is 83.8 Å². The van der Waals surface area contributed by atoms with E-state index in [0.717, 1.165) is 0 Å². The van der Waals surface area contributed by atoms with E-state index >= 15 is 0 Å². The van der Waals surface area contributed by atoms with Gasteiger partial charge < -0.3 is 14.9 Å². The van der Waals surface area contributed by atoms with Gasteiger partial charge in [-0.15, -0.1) is 0 Å². The lowest BCUT2D eigenvalue weighted by Crippen LogP contribution is -2.12. The Morgan fingerprint density at radius 3 is 2.53 bits per heavy atom. The summed E-state index contributed by atoms with van der Waals surface area (Å²) in [5.41, 5.74) is -0.163. The van der Waals surface area contributed by atoms with Crippen LogP contribution in [-0.4, -0.2) is 28.8 Å². The summed E-state index contributed by atoms with van der Waals surface area (Å²) >= 11 is 5.68. The van der Waals surface area contributed by atoms with Gasteiger partial charge in [0.15, 0.2) is 12.4 Å². The highest BCUT2D eigenvalue weighted by molar-refractivity contribution is 6.32. The molecule has 0 atom stereocenters. The molecule has 0 saturated heterocycles. The van der Waals surface area contributed by atoms with E-state index in [-0.39, 0.29) is 16.3 Å². The van der Waals surface area contributed by atoms with E-state index in [9.17, 15) is 9.59 Å². The van der Waals surface area contributed by atoms with Crippen molar-refractivity contribution in [2.45, 2.75) is 0 Å². The molecule has 0 aliphatic heterocycles. The molecule has 0 heterocycles. The van der Waals surface area contributed by atoms with Crippen molar-refractivity contribution in [2.24, 2.45) is 0 Å². The largest absolute Gasteiger partial charge is 0.479 e. The van der Waals surface area contributed by atoms with E-state index in [1.165, 1.54) is 18.2 Å².